The quantitative estimate of drug-likeness (QED) is 0.856. The number of amides is 1. The molecule has 1 unspecified atom stereocenters. The summed E-state index contributed by atoms with van der Waals surface area (Å²) in [6, 6.07) is -0.761. The number of halogens is 1. The van der Waals surface area contributed by atoms with Gasteiger partial charge < -0.3 is 10.1 Å². The van der Waals surface area contributed by atoms with Crippen molar-refractivity contribution in [2.45, 2.75) is 32.4 Å². The van der Waals surface area contributed by atoms with Gasteiger partial charge in [-0.2, -0.15) is 5.10 Å². The van der Waals surface area contributed by atoms with Gasteiger partial charge in [0.05, 0.1) is 11.5 Å². The molecule has 1 N–H and O–H groups in total. The SMILES string of the molecule is Cn1cc(C(NC(=O)OC(C)(C)C)C(=O)CBr)cn1. The van der Waals surface area contributed by atoms with Gasteiger partial charge in [0.2, 0.25) is 0 Å². The minimum absolute atomic E-state index is 0.141. The summed E-state index contributed by atoms with van der Waals surface area (Å²) in [5.41, 5.74) is 0.0129. The van der Waals surface area contributed by atoms with Crippen LogP contribution in [0.3, 0.4) is 0 Å². The minimum atomic E-state index is -0.761. The smallest absolute Gasteiger partial charge is 0.408 e. The highest BCUT2D eigenvalue weighted by Crippen LogP contribution is 2.16. The molecule has 0 saturated heterocycles. The van der Waals surface area contributed by atoms with Crippen LogP contribution in [0.2, 0.25) is 0 Å². The number of ketones is 1. The third-order valence-corrected chi connectivity index (χ3v) is 2.73. The monoisotopic (exact) mass is 331 g/mol. The fourth-order valence-corrected chi connectivity index (χ4v) is 1.77. The third-order valence-electron chi connectivity index (χ3n) is 2.17. The Morgan fingerprint density at radius 2 is 2.16 bits per heavy atom. The topological polar surface area (TPSA) is 73.2 Å². The van der Waals surface area contributed by atoms with Crippen molar-refractivity contribution in [1.82, 2.24) is 15.1 Å². The van der Waals surface area contributed by atoms with Gasteiger partial charge in [0, 0.05) is 18.8 Å². The predicted molar refractivity (Wildman–Crippen MR) is 74.1 cm³/mol. The van der Waals surface area contributed by atoms with Gasteiger partial charge in [0.25, 0.3) is 0 Å². The van der Waals surface area contributed by atoms with Gasteiger partial charge in [0.1, 0.15) is 11.6 Å². The Kier molecular flexibility index (Phi) is 5.11. The lowest BCUT2D eigenvalue weighted by Crippen LogP contribution is -2.38. The van der Waals surface area contributed by atoms with Gasteiger partial charge in [-0.15, -0.1) is 0 Å². The van der Waals surface area contributed by atoms with Gasteiger partial charge in [-0.1, -0.05) is 15.9 Å². The Bertz CT molecular complexity index is 465. The van der Waals surface area contributed by atoms with E-state index in [9.17, 15) is 9.59 Å². The molecule has 1 amide bonds. The van der Waals surface area contributed by atoms with E-state index in [1.807, 2.05) is 0 Å². The molecule has 6 nitrogen and oxygen atoms in total. The highest BCUT2D eigenvalue weighted by molar-refractivity contribution is 9.09. The lowest BCUT2D eigenvalue weighted by atomic mass is 10.1. The molecule has 7 heteroatoms. The van der Waals surface area contributed by atoms with Crippen LogP contribution in [0.15, 0.2) is 12.4 Å². The normalized spacial score (nSPS) is 12.9. The van der Waals surface area contributed by atoms with Crippen molar-refractivity contribution in [1.29, 1.82) is 0 Å². The largest absolute Gasteiger partial charge is 0.444 e. The molecule has 0 radical (unpaired) electrons. The summed E-state index contributed by atoms with van der Waals surface area (Å²) in [5, 5.41) is 6.69. The molecule has 0 aliphatic carbocycles. The lowest BCUT2D eigenvalue weighted by Gasteiger charge is -2.22. The molecule has 19 heavy (non-hydrogen) atoms. The zero-order chi connectivity index (χ0) is 14.6. The first-order valence-electron chi connectivity index (χ1n) is 5.79. The predicted octanol–water partition coefficient (Wildman–Crippen LogP) is 1.95. The van der Waals surface area contributed by atoms with E-state index in [0.717, 1.165) is 0 Å². The molecule has 1 rings (SSSR count). The first kappa shape index (κ1) is 15.7. The van der Waals surface area contributed by atoms with Gasteiger partial charge in [-0.3, -0.25) is 9.48 Å². The Labute approximate surface area is 120 Å². The summed E-state index contributed by atoms with van der Waals surface area (Å²) < 4.78 is 6.72. The van der Waals surface area contributed by atoms with Gasteiger partial charge >= 0.3 is 6.09 Å². The van der Waals surface area contributed by atoms with Crippen LogP contribution in [-0.2, 0) is 16.6 Å². The van der Waals surface area contributed by atoms with E-state index in [4.69, 9.17) is 4.74 Å². The molecule has 106 valence electrons. The van der Waals surface area contributed by atoms with Gasteiger partial charge in [0.15, 0.2) is 5.78 Å². The summed E-state index contributed by atoms with van der Waals surface area (Å²) in [5.74, 6) is -0.168. The molecule has 0 aliphatic rings. The summed E-state index contributed by atoms with van der Waals surface area (Å²) >= 11 is 3.10. The number of aryl methyl sites for hydroxylation is 1. The number of alkyl halides is 1. The molecule has 0 fully saturated rings. The zero-order valence-corrected chi connectivity index (χ0v) is 13.0. The number of hydrogen-bond donors (Lipinski definition) is 1. The first-order valence-corrected chi connectivity index (χ1v) is 6.92. The number of Topliss-reactive ketones (excluding diaryl/α,β-unsaturated/α-hetero) is 1. The van der Waals surface area contributed by atoms with Crippen molar-refractivity contribution < 1.29 is 14.3 Å². The molecule has 0 aliphatic heterocycles. The van der Waals surface area contributed by atoms with E-state index in [1.54, 1.807) is 44.9 Å². The number of nitrogens with zero attached hydrogens (tertiary/aromatic N) is 2. The number of aromatic nitrogens is 2. The molecule has 1 aromatic heterocycles. The maximum atomic E-state index is 11.9. The molecule has 1 heterocycles. The van der Waals surface area contributed by atoms with Crippen LogP contribution < -0.4 is 5.32 Å². The number of hydrogen-bond acceptors (Lipinski definition) is 4. The van der Waals surface area contributed by atoms with Crippen LogP contribution in [-0.4, -0.2) is 32.6 Å². The van der Waals surface area contributed by atoms with Crippen LogP contribution in [0.1, 0.15) is 32.4 Å². The average molecular weight is 332 g/mol. The van der Waals surface area contributed by atoms with Crippen molar-refractivity contribution in [3.05, 3.63) is 18.0 Å². The first-order chi connectivity index (χ1) is 8.73. The molecular weight excluding hydrogens is 314 g/mol. The van der Waals surface area contributed by atoms with Crippen molar-refractivity contribution in [3.8, 4) is 0 Å². The van der Waals surface area contributed by atoms with Crippen LogP contribution in [0.4, 0.5) is 4.79 Å². The van der Waals surface area contributed by atoms with Crippen molar-refractivity contribution >= 4 is 27.8 Å². The summed E-state index contributed by atoms with van der Waals surface area (Å²) in [6.45, 7) is 5.29. The van der Waals surface area contributed by atoms with E-state index >= 15 is 0 Å². The molecule has 0 saturated carbocycles. The van der Waals surface area contributed by atoms with Crippen LogP contribution in [0.5, 0.6) is 0 Å². The number of nitrogens with one attached hydrogen (secondary N) is 1. The highest BCUT2D eigenvalue weighted by Gasteiger charge is 2.25. The fraction of sp³-hybridized carbons (Fsp3) is 0.583. The van der Waals surface area contributed by atoms with Crippen LogP contribution in [0, 0.1) is 0 Å². The Morgan fingerprint density at radius 3 is 2.58 bits per heavy atom. The van der Waals surface area contributed by atoms with E-state index in [1.165, 1.54) is 0 Å². The van der Waals surface area contributed by atoms with Crippen molar-refractivity contribution in [2.75, 3.05) is 5.33 Å². The fourth-order valence-electron chi connectivity index (χ4n) is 1.44. The van der Waals surface area contributed by atoms with Crippen molar-refractivity contribution in [3.63, 3.8) is 0 Å². The lowest BCUT2D eigenvalue weighted by molar-refractivity contribution is -0.118. The zero-order valence-electron chi connectivity index (χ0n) is 11.4. The second-order valence-electron chi connectivity index (χ2n) is 5.13. The van der Waals surface area contributed by atoms with Crippen LogP contribution in [0.25, 0.3) is 0 Å². The Morgan fingerprint density at radius 1 is 1.53 bits per heavy atom. The number of rotatable bonds is 4. The maximum Gasteiger partial charge on any atom is 0.408 e. The second-order valence-corrected chi connectivity index (χ2v) is 5.69. The van der Waals surface area contributed by atoms with Crippen molar-refractivity contribution in [2.24, 2.45) is 7.05 Å². The summed E-state index contributed by atoms with van der Waals surface area (Å²) in [6.07, 6.45) is 2.60. The van der Waals surface area contributed by atoms with E-state index in [-0.39, 0.29) is 11.1 Å². The summed E-state index contributed by atoms with van der Waals surface area (Å²) in [7, 11) is 1.74. The standard InChI is InChI=1S/C12H18BrN3O3/c1-12(2,3)19-11(18)15-10(9(17)5-13)8-6-14-16(4)7-8/h6-7,10H,5H2,1-4H3,(H,15,18). The maximum absolute atomic E-state index is 11.9. The Balaban J connectivity index is 2.82. The molecule has 1 atom stereocenters. The highest BCUT2D eigenvalue weighted by atomic mass is 79.9. The van der Waals surface area contributed by atoms with E-state index in [2.05, 4.69) is 26.3 Å². The van der Waals surface area contributed by atoms with E-state index < -0.39 is 17.7 Å². The molecule has 1 aromatic rings. The van der Waals surface area contributed by atoms with Gasteiger partial charge in [-0.05, 0) is 20.8 Å². The molecule has 0 bridgehead atoms. The van der Waals surface area contributed by atoms with E-state index in [0.29, 0.717) is 5.56 Å². The second kappa shape index (κ2) is 6.18. The number of alkyl carbamates (subject to hydrolysis) is 1. The molecule has 0 spiro atoms. The van der Waals surface area contributed by atoms with Gasteiger partial charge in [-0.25, -0.2) is 4.79 Å². The molecular formula is C12H18BrN3O3. The number of carbonyl (C=O) groups excluding carboxylic acids is 2. The minimum Gasteiger partial charge on any atom is -0.444 e. The molecule has 0 aromatic carbocycles. The Hall–Kier alpha value is -1.37. The van der Waals surface area contributed by atoms with Crippen LogP contribution >= 0.6 is 15.9 Å². The summed E-state index contributed by atoms with van der Waals surface area (Å²) in [4.78, 5) is 23.6. The number of carbonyl (C=O) groups is 2. The average Bonchev–Trinajstić information content (AvgIpc) is 2.69. The number of ether oxygens (including phenoxy) is 1. The third kappa shape index (κ3) is 5.02.